The van der Waals surface area contributed by atoms with Crippen molar-refractivity contribution >= 4 is 27.7 Å². The minimum atomic E-state index is -3.55. The Morgan fingerprint density at radius 1 is 1.50 bits per heavy atom. The molecule has 0 spiro atoms. The number of nitriles is 1. The molecule has 0 aliphatic rings. The molecular formula is C16H14BrF3N4O2. The Morgan fingerprint density at radius 2 is 2.12 bits per heavy atom. The van der Waals surface area contributed by atoms with Crippen molar-refractivity contribution in [3.8, 4) is 17.3 Å². The number of nitrogens with two attached hydrogens (primary N) is 1. The monoisotopic (exact) mass is 430 g/mol. The SMILES string of the molecule is CCOC(=O)C(F)C(F)(CF)n1nc(-c2ccc(Br)cc2)c(C#N)c1N. The van der Waals surface area contributed by atoms with Gasteiger partial charge < -0.3 is 10.5 Å². The molecule has 0 bridgehead atoms. The maximum absolute atomic E-state index is 15.0. The highest BCUT2D eigenvalue weighted by molar-refractivity contribution is 9.10. The lowest BCUT2D eigenvalue weighted by Gasteiger charge is -2.25. The molecule has 2 N–H and O–H groups in total. The molecule has 0 aliphatic heterocycles. The van der Waals surface area contributed by atoms with Crippen molar-refractivity contribution in [2.24, 2.45) is 0 Å². The van der Waals surface area contributed by atoms with Crippen molar-refractivity contribution in [3.05, 3.63) is 34.3 Å². The minimum absolute atomic E-state index is 0.0657. The predicted molar refractivity (Wildman–Crippen MR) is 91.1 cm³/mol. The molecular weight excluding hydrogens is 417 g/mol. The summed E-state index contributed by atoms with van der Waals surface area (Å²) >= 11 is 3.24. The zero-order valence-electron chi connectivity index (χ0n) is 13.5. The molecule has 0 radical (unpaired) electrons. The van der Waals surface area contributed by atoms with Crippen LogP contribution in [0.15, 0.2) is 28.7 Å². The van der Waals surface area contributed by atoms with Crippen molar-refractivity contribution in [1.82, 2.24) is 9.78 Å². The molecule has 2 atom stereocenters. The second kappa shape index (κ2) is 7.78. The molecule has 1 aromatic carbocycles. The van der Waals surface area contributed by atoms with Crippen LogP contribution in [-0.2, 0) is 15.3 Å². The zero-order valence-corrected chi connectivity index (χ0v) is 15.1. The number of nitrogens with zero attached hydrogens (tertiary/aromatic N) is 3. The number of ether oxygens (including phenoxy) is 1. The van der Waals surface area contributed by atoms with Gasteiger partial charge in [-0.3, -0.25) is 0 Å². The van der Waals surface area contributed by atoms with Gasteiger partial charge in [-0.2, -0.15) is 10.4 Å². The van der Waals surface area contributed by atoms with Crippen LogP contribution in [0.4, 0.5) is 19.0 Å². The van der Waals surface area contributed by atoms with Crippen LogP contribution >= 0.6 is 15.9 Å². The number of esters is 1. The molecule has 0 aliphatic carbocycles. The number of halogens is 4. The van der Waals surface area contributed by atoms with Gasteiger partial charge in [-0.1, -0.05) is 28.1 Å². The second-order valence-electron chi connectivity index (χ2n) is 5.21. The van der Waals surface area contributed by atoms with Gasteiger partial charge in [-0.15, -0.1) is 0 Å². The summed E-state index contributed by atoms with van der Waals surface area (Å²) in [4.78, 5) is 11.5. The molecule has 0 fully saturated rings. The molecule has 2 aromatic rings. The second-order valence-corrected chi connectivity index (χ2v) is 6.12. The quantitative estimate of drug-likeness (QED) is 0.709. The van der Waals surface area contributed by atoms with E-state index in [9.17, 15) is 18.8 Å². The Bertz CT molecular complexity index is 850. The summed E-state index contributed by atoms with van der Waals surface area (Å²) in [6.07, 6.45) is -3.01. The summed E-state index contributed by atoms with van der Waals surface area (Å²) < 4.78 is 48.1. The van der Waals surface area contributed by atoms with E-state index < -0.39 is 30.4 Å². The Balaban J connectivity index is 2.60. The molecule has 1 aromatic heterocycles. The molecule has 10 heteroatoms. The van der Waals surface area contributed by atoms with Crippen molar-refractivity contribution in [3.63, 3.8) is 0 Å². The lowest BCUT2D eigenvalue weighted by atomic mass is 10.1. The predicted octanol–water partition coefficient (Wildman–Crippen LogP) is 3.26. The zero-order chi connectivity index (χ0) is 19.5. The van der Waals surface area contributed by atoms with Crippen LogP contribution < -0.4 is 5.73 Å². The molecule has 138 valence electrons. The summed E-state index contributed by atoms with van der Waals surface area (Å²) in [6, 6.07) is 8.14. The molecule has 6 nitrogen and oxygen atoms in total. The van der Waals surface area contributed by atoms with E-state index in [1.807, 2.05) is 0 Å². The van der Waals surface area contributed by atoms with Crippen LogP contribution in [0.1, 0.15) is 12.5 Å². The fraction of sp³-hybridized carbons (Fsp3) is 0.312. The molecule has 2 unspecified atom stereocenters. The van der Waals surface area contributed by atoms with E-state index in [4.69, 9.17) is 5.73 Å². The number of carbonyl (C=O) groups is 1. The normalized spacial score (nSPS) is 14.3. The van der Waals surface area contributed by atoms with Gasteiger partial charge in [-0.25, -0.2) is 22.6 Å². The molecule has 1 heterocycles. The standard InChI is InChI=1S/C16H14BrF3N4O2/c1-2-26-15(25)13(19)16(20,8-18)24-14(22)11(7-21)12(23-24)9-3-5-10(17)6-4-9/h3-6,13H,2,8,22H2,1H3. The van der Waals surface area contributed by atoms with Gasteiger partial charge >= 0.3 is 5.97 Å². The number of hydrogen-bond donors (Lipinski definition) is 1. The van der Waals surface area contributed by atoms with Crippen LogP contribution in [0.25, 0.3) is 11.3 Å². The molecule has 0 saturated heterocycles. The number of anilines is 1. The van der Waals surface area contributed by atoms with E-state index in [-0.39, 0.29) is 22.5 Å². The molecule has 0 saturated carbocycles. The van der Waals surface area contributed by atoms with Gasteiger partial charge in [0.2, 0.25) is 0 Å². The van der Waals surface area contributed by atoms with E-state index in [1.165, 1.54) is 6.92 Å². The minimum Gasteiger partial charge on any atom is -0.464 e. The first kappa shape index (κ1) is 19.8. The summed E-state index contributed by atoms with van der Waals surface area (Å²) in [5.41, 5.74) is 5.75. The molecule has 26 heavy (non-hydrogen) atoms. The average molecular weight is 431 g/mol. The first-order valence-corrected chi connectivity index (χ1v) is 8.20. The first-order chi connectivity index (χ1) is 12.3. The van der Waals surface area contributed by atoms with Gasteiger partial charge in [0.05, 0.1) is 6.61 Å². The number of alkyl halides is 3. The van der Waals surface area contributed by atoms with Crippen LogP contribution in [0.3, 0.4) is 0 Å². The van der Waals surface area contributed by atoms with Gasteiger partial charge in [0.25, 0.3) is 12.0 Å². The largest absolute Gasteiger partial charge is 0.464 e. The van der Waals surface area contributed by atoms with Crippen molar-refractivity contribution in [2.45, 2.75) is 18.9 Å². The van der Waals surface area contributed by atoms with Crippen LogP contribution in [0, 0.1) is 11.3 Å². The third-order valence-electron chi connectivity index (χ3n) is 3.57. The van der Waals surface area contributed by atoms with Crippen molar-refractivity contribution < 1.29 is 22.7 Å². The fourth-order valence-electron chi connectivity index (χ4n) is 2.26. The lowest BCUT2D eigenvalue weighted by molar-refractivity contribution is -0.163. The van der Waals surface area contributed by atoms with E-state index in [0.29, 0.717) is 5.56 Å². The van der Waals surface area contributed by atoms with Gasteiger partial charge in [0.1, 0.15) is 29.8 Å². The summed E-state index contributed by atoms with van der Waals surface area (Å²) in [6.45, 7) is -0.769. The average Bonchev–Trinajstić information content (AvgIpc) is 2.98. The third-order valence-corrected chi connectivity index (χ3v) is 4.10. The van der Waals surface area contributed by atoms with E-state index in [1.54, 1.807) is 30.3 Å². The Kier molecular flexibility index (Phi) is 5.92. The highest BCUT2D eigenvalue weighted by atomic mass is 79.9. The Morgan fingerprint density at radius 3 is 2.62 bits per heavy atom. The first-order valence-electron chi connectivity index (χ1n) is 7.40. The van der Waals surface area contributed by atoms with Gasteiger partial charge in [-0.05, 0) is 19.1 Å². The van der Waals surface area contributed by atoms with Crippen LogP contribution in [0.5, 0.6) is 0 Å². The smallest absolute Gasteiger partial charge is 0.346 e. The number of rotatable bonds is 6. The van der Waals surface area contributed by atoms with Gasteiger partial charge in [0, 0.05) is 10.0 Å². The van der Waals surface area contributed by atoms with Gasteiger partial charge in [0.15, 0.2) is 0 Å². The lowest BCUT2D eigenvalue weighted by Crippen LogP contribution is -2.47. The topological polar surface area (TPSA) is 93.9 Å². The van der Waals surface area contributed by atoms with Crippen molar-refractivity contribution in [2.75, 3.05) is 19.0 Å². The number of hydrogen-bond acceptors (Lipinski definition) is 5. The van der Waals surface area contributed by atoms with Crippen LogP contribution in [-0.4, -0.2) is 35.2 Å². The number of benzene rings is 1. The van der Waals surface area contributed by atoms with E-state index in [0.717, 1.165) is 4.47 Å². The van der Waals surface area contributed by atoms with Crippen molar-refractivity contribution in [1.29, 1.82) is 5.26 Å². The Labute approximate surface area is 155 Å². The summed E-state index contributed by atoms with van der Waals surface area (Å²) in [5.74, 6) is -5.74. The highest BCUT2D eigenvalue weighted by Gasteiger charge is 2.50. The Hall–Kier alpha value is -2.54. The fourth-order valence-corrected chi connectivity index (χ4v) is 2.53. The molecule has 2 rings (SSSR count). The van der Waals surface area contributed by atoms with E-state index >= 15 is 4.39 Å². The summed E-state index contributed by atoms with van der Waals surface area (Å²) in [7, 11) is 0. The third kappa shape index (κ3) is 3.39. The number of carbonyl (C=O) groups excluding carboxylic acids is 1. The van der Waals surface area contributed by atoms with E-state index in [2.05, 4.69) is 25.8 Å². The highest BCUT2D eigenvalue weighted by Crippen LogP contribution is 2.35. The maximum Gasteiger partial charge on any atom is 0.346 e. The number of aromatic nitrogens is 2. The molecule has 0 amide bonds. The summed E-state index contributed by atoms with van der Waals surface area (Å²) in [5, 5.41) is 13.1. The van der Waals surface area contributed by atoms with Crippen LogP contribution in [0.2, 0.25) is 0 Å². The number of nitrogen functional groups attached to an aromatic ring is 1. The maximum atomic E-state index is 15.0.